The molecule has 3 aromatic rings. The van der Waals surface area contributed by atoms with Crippen LogP contribution in [0, 0.1) is 0 Å². The number of pyridine rings is 1. The van der Waals surface area contributed by atoms with Gasteiger partial charge in [0.2, 0.25) is 5.95 Å². The van der Waals surface area contributed by atoms with E-state index in [1.165, 1.54) is 0 Å². The maximum atomic E-state index is 5.42. The van der Waals surface area contributed by atoms with Crippen molar-refractivity contribution in [2.24, 2.45) is 0 Å². The minimum atomic E-state index is 0.498. The fourth-order valence-corrected chi connectivity index (χ4v) is 2.31. The molecule has 1 aromatic carbocycles. The number of methoxy groups -OCH3 is 2. The molecule has 0 amide bonds. The van der Waals surface area contributed by atoms with Crippen molar-refractivity contribution in [2.75, 3.05) is 31.9 Å². The van der Waals surface area contributed by atoms with E-state index < -0.39 is 0 Å². The van der Waals surface area contributed by atoms with Crippen molar-refractivity contribution in [1.82, 2.24) is 15.0 Å². The largest absolute Gasteiger partial charge is 0.497 e. The molecule has 0 aliphatic rings. The summed E-state index contributed by atoms with van der Waals surface area (Å²) in [5.74, 6) is 2.50. The third-order valence-electron chi connectivity index (χ3n) is 3.55. The van der Waals surface area contributed by atoms with Gasteiger partial charge >= 0.3 is 0 Å². The molecule has 0 radical (unpaired) electrons. The second-order valence-electron chi connectivity index (χ2n) is 5.12. The SMILES string of the molecule is CNc1nc(Nc2ccc(OC)cc2OC)cc(-c2ccccn2)n1. The molecule has 7 nitrogen and oxygen atoms in total. The molecule has 0 aliphatic heterocycles. The molecule has 128 valence electrons. The van der Waals surface area contributed by atoms with Gasteiger partial charge in [0.1, 0.15) is 17.3 Å². The summed E-state index contributed by atoms with van der Waals surface area (Å²) in [5, 5.41) is 6.23. The van der Waals surface area contributed by atoms with Crippen LogP contribution in [0.5, 0.6) is 11.5 Å². The number of ether oxygens (including phenoxy) is 2. The van der Waals surface area contributed by atoms with Crippen LogP contribution in [0.3, 0.4) is 0 Å². The summed E-state index contributed by atoms with van der Waals surface area (Å²) in [5.41, 5.74) is 2.26. The van der Waals surface area contributed by atoms with Gasteiger partial charge in [-0.2, -0.15) is 4.98 Å². The average Bonchev–Trinajstić information content (AvgIpc) is 2.68. The Labute approximate surface area is 146 Å². The van der Waals surface area contributed by atoms with Gasteiger partial charge in [0.15, 0.2) is 0 Å². The highest BCUT2D eigenvalue weighted by atomic mass is 16.5. The maximum Gasteiger partial charge on any atom is 0.225 e. The molecule has 7 heteroatoms. The van der Waals surface area contributed by atoms with E-state index in [0.717, 1.165) is 22.8 Å². The summed E-state index contributed by atoms with van der Waals surface area (Å²) in [6.45, 7) is 0. The first-order valence-corrected chi connectivity index (χ1v) is 7.71. The maximum absolute atomic E-state index is 5.42. The van der Waals surface area contributed by atoms with E-state index in [2.05, 4.69) is 25.6 Å². The third-order valence-corrected chi connectivity index (χ3v) is 3.55. The lowest BCUT2D eigenvalue weighted by atomic mass is 10.2. The van der Waals surface area contributed by atoms with Crippen molar-refractivity contribution in [3.05, 3.63) is 48.7 Å². The molecule has 0 saturated heterocycles. The molecule has 0 spiro atoms. The Morgan fingerprint density at radius 2 is 1.80 bits per heavy atom. The molecule has 2 aromatic heterocycles. The number of hydrogen-bond acceptors (Lipinski definition) is 7. The molecule has 2 N–H and O–H groups in total. The molecule has 0 unspecified atom stereocenters. The van der Waals surface area contributed by atoms with E-state index in [0.29, 0.717) is 17.5 Å². The van der Waals surface area contributed by atoms with E-state index in [9.17, 15) is 0 Å². The van der Waals surface area contributed by atoms with E-state index >= 15 is 0 Å². The van der Waals surface area contributed by atoms with E-state index in [-0.39, 0.29) is 0 Å². The van der Waals surface area contributed by atoms with Crippen LogP contribution in [0.25, 0.3) is 11.4 Å². The predicted octanol–water partition coefficient (Wildman–Crippen LogP) is 3.34. The van der Waals surface area contributed by atoms with Crippen molar-refractivity contribution in [2.45, 2.75) is 0 Å². The van der Waals surface area contributed by atoms with Gasteiger partial charge in [-0.1, -0.05) is 6.07 Å². The highest BCUT2D eigenvalue weighted by Crippen LogP contribution is 2.32. The number of benzene rings is 1. The number of hydrogen-bond donors (Lipinski definition) is 2. The first kappa shape index (κ1) is 16.5. The smallest absolute Gasteiger partial charge is 0.225 e. The Morgan fingerprint density at radius 1 is 0.920 bits per heavy atom. The number of rotatable bonds is 6. The van der Waals surface area contributed by atoms with Gasteiger partial charge in [-0.3, -0.25) is 4.98 Å². The summed E-state index contributed by atoms with van der Waals surface area (Å²) in [7, 11) is 5.00. The van der Waals surface area contributed by atoms with Crippen LogP contribution in [0.1, 0.15) is 0 Å². The lowest BCUT2D eigenvalue weighted by Crippen LogP contribution is -2.03. The summed E-state index contributed by atoms with van der Waals surface area (Å²) in [4.78, 5) is 13.2. The molecular weight excluding hydrogens is 318 g/mol. The van der Waals surface area contributed by atoms with Gasteiger partial charge < -0.3 is 20.1 Å². The highest BCUT2D eigenvalue weighted by molar-refractivity contribution is 5.69. The van der Waals surface area contributed by atoms with E-state index in [1.54, 1.807) is 27.5 Å². The van der Waals surface area contributed by atoms with Crippen LogP contribution in [-0.2, 0) is 0 Å². The topological polar surface area (TPSA) is 81.2 Å². The number of aromatic nitrogens is 3. The molecule has 0 fully saturated rings. The Balaban J connectivity index is 1.98. The van der Waals surface area contributed by atoms with Crippen LogP contribution >= 0.6 is 0 Å². The Hall–Kier alpha value is -3.35. The minimum Gasteiger partial charge on any atom is -0.497 e. The highest BCUT2D eigenvalue weighted by Gasteiger charge is 2.10. The van der Waals surface area contributed by atoms with Gasteiger partial charge in [0.25, 0.3) is 0 Å². The minimum absolute atomic E-state index is 0.498. The zero-order valence-electron chi connectivity index (χ0n) is 14.3. The van der Waals surface area contributed by atoms with Crippen LogP contribution in [0.2, 0.25) is 0 Å². The summed E-state index contributed by atoms with van der Waals surface area (Å²) in [6.07, 6.45) is 1.73. The monoisotopic (exact) mass is 337 g/mol. The van der Waals surface area contributed by atoms with Crippen LogP contribution < -0.4 is 20.1 Å². The second-order valence-corrected chi connectivity index (χ2v) is 5.12. The normalized spacial score (nSPS) is 10.2. The van der Waals surface area contributed by atoms with Crippen molar-refractivity contribution < 1.29 is 9.47 Å². The molecule has 3 rings (SSSR count). The lowest BCUT2D eigenvalue weighted by molar-refractivity contribution is 0.395. The summed E-state index contributed by atoms with van der Waals surface area (Å²) >= 11 is 0. The molecule has 0 saturated carbocycles. The number of nitrogens with one attached hydrogen (secondary N) is 2. The zero-order valence-corrected chi connectivity index (χ0v) is 14.3. The molecule has 0 atom stereocenters. The first-order chi connectivity index (χ1) is 12.2. The Bertz CT molecular complexity index is 855. The van der Waals surface area contributed by atoms with Crippen LogP contribution in [0.15, 0.2) is 48.7 Å². The van der Waals surface area contributed by atoms with Crippen molar-refractivity contribution in [1.29, 1.82) is 0 Å². The van der Waals surface area contributed by atoms with E-state index in [1.807, 2.05) is 42.5 Å². The first-order valence-electron chi connectivity index (χ1n) is 7.71. The van der Waals surface area contributed by atoms with E-state index in [4.69, 9.17) is 9.47 Å². The Morgan fingerprint density at radius 3 is 2.48 bits per heavy atom. The van der Waals surface area contributed by atoms with Gasteiger partial charge in [-0.25, -0.2) is 4.98 Å². The predicted molar refractivity (Wildman–Crippen MR) is 97.6 cm³/mol. The quantitative estimate of drug-likeness (QED) is 0.714. The summed E-state index contributed by atoms with van der Waals surface area (Å²) < 4.78 is 10.6. The van der Waals surface area contributed by atoms with Crippen LogP contribution in [0.4, 0.5) is 17.5 Å². The van der Waals surface area contributed by atoms with Gasteiger partial charge in [-0.05, 0) is 24.3 Å². The van der Waals surface area contributed by atoms with Gasteiger partial charge in [-0.15, -0.1) is 0 Å². The number of anilines is 3. The zero-order chi connectivity index (χ0) is 17.6. The summed E-state index contributed by atoms with van der Waals surface area (Å²) in [6, 6.07) is 13.1. The molecular formula is C18H19N5O2. The fourth-order valence-electron chi connectivity index (χ4n) is 2.31. The average molecular weight is 337 g/mol. The number of nitrogens with zero attached hydrogens (tertiary/aromatic N) is 3. The standard InChI is InChI=1S/C18H19N5O2/c1-19-18-22-15(13-6-4-5-9-20-13)11-17(23-18)21-14-8-7-12(24-2)10-16(14)25-3/h4-11H,1-3H3,(H2,19,21,22,23). The van der Waals surface area contributed by atoms with Crippen molar-refractivity contribution in [3.8, 4) is 22.9 Å². The fraction of sp³-hybridized carbons (Fsp3) is 0.167. The van der Waals surface area contributed by atoms with Gasteiger partial charge in [0.05, 0.1) is 31.3 Å². The van der Waals surface area contributed by atoms with Gasteiger partial charge in [0, 0.05) is 25.4 Å². The van der Waals surface area contributed by atoms with Crippen molar-refractivity contribution in [3.63, 3.8) is 0 Å². The molecule has 25 heavy (non-hydrogen) atoms. The molecule has 0 bridgehead atoms. The molecule has 0 aliphatic carbocycles. The molecule has 2 heterocycles. The Kier molecular flexibility index (Phi) is 4.94. The van der Waals surface area contributed by atoms with Crippen molar-refractivity contribution >= 4 is 17.5 Å². The van der Waals surface area contributed by atoms with Crippen LogP contribution in [-0.4, -0.2) is 36.2 Å². The third kappa shape index (κ3) is 3.77. The lowest BCUT2D eigenvalue weighted by Gasteiger charge is -2.13. The second kappa shape index (κ2) is 7.48.